The highest BCUT2D eigenvalue weighted by Gasteiger charge is 2.30. The summed E-state index contributed by atoms with van der Waals surface area (Å²) in [7, 11) is -3.31. The summed E-state index contributed by atoms with van der Waals surface area (Å²) >= 11 is 5.74. The van der Waals surface area contributed by atoms with E-state index < -0.39 is 15.4 Å². The normalized spacial score (nSPS) is 23.9. The number of hydrogen-bond acceptors (Lipinski definition) is 7. The predicted octanol–water partition coefficient (Wildman–Crippen LogP) is 3.07. The Balaban J connectivity index is 1.41. The van der Waals surface area contributed by atoms with Gasteiger partial charge in [-0.05, 0) is 57.6 Å². The molecule has 1 saturated heterocycles. The van der Waals surface area contributed by atoms with E-state index in [2.05, 4.69) is 9.88 Å². The van der Waals surface area contributed by atoms with Crippen molar-refractivity contribution < 1.29 is 22.7 Å². The number of sulfone groups is 1. The van der Waals surface area contributed by atoms with Crippen molar-refractivity contribution in [2.45, 2.75) is 56.2 Å². The Labute approximate surface area is 189 Å². The maximum absolute atomic E-state index is 12.0. The Kier molecular flexibility index (Phi) is 8.04. The summed E-state index contributed by atoms with van der Waals surface area (Å²) in [6, 6.07) is 3.73. The third kappa shape index (κ3) is 6.70. The number of hydrogen-bond donors (Lipinski definition) is 0. The van der Waals surface area contributed by atoms with Crippen molar-refractivity contribution in [1.29, 1.82) is 0 Å². The summed E-state index contributed by atoms with van der Waals surface area (Å²) in [5.74, 6) is 1.12. The summed E-state index contributed by atoms with van der Waals surface area (Å²) in [5, 5.41) is 0.0726. The van der Waals surface area contributed by atoms with Crippen LogP contribution in [0, 0.1) is 12.8 Å². The second-order valence-electron chi connectivity index (χ2n) is 8.44. The van der Waals surface area contributed by atoms with E-state index in [9.17, 15) is 13.2 Å². The maximum atomic E-state index is 12.0. The summed E-state index contributed by atoms with van der Waals surface area (Å²) in [5.41, 5.74) is -0.0169. The molecule has 174 valence electrons. The van der Waals surface area contributed by atoms with Gasteiger partial charge in [-0.25, -0.2) is 18.2 Å². The molecule has 1 atom stereocenters. The number of rotatable bonds is 6. The minimum atomic E-state index is -3.31. The highest BCUT2D eigenvalue weighted by molar-refractivity contribution is 7.90. The first kappa shape index (κ1) is 24.1. The van der Waals surface area contributed by atoms with Crippen molar-refractivity contribution in [2.24, 2.45) is 5.92 Å². The fourth-order valence-corrected chi connectivity index (χ4v) is 4.95. The molecule has 0 spiro atoms. The Morgan fingerprint density at radius 3 is 2.39 bits per heavy atom. The lowest BCUT2D eigenvalue weighted by Gasteiger charge is -2.41. The first-order chi connectivity index (χ1) is 14.6. The van der Waals surface area contributed by atoms with Crippen LogP contribution < -0.4 is 4.74 Å². The van der Waals surface area contributed by atoms with E-state index >= 15 is 0 Å². The van der Waals surface area contributed by atoms with Gasteiger partial charge in [-0.1, -0.05) is 11.6 Å². The first-order valence-corrected chi connectivity index (χ1v) is 13.1. The van der Waals surface area contributed by atoms with E-state index in [-0.39, 0.29) is 11.1 Å². The molecule has 1 aromatic rings. The molecule has 1 aromatic heterocycles. The van der Waals surface area contributed by atoms with Crippen LogP contribution in [-0.4, -0.2) is 79.9 Å². The number of halogens is 1. The van der Waals surface area contributed by atoms with Crippen LogP contribution in [-0.2, 0) is 14.6 Å². The quantitative estimate of drug-likeness (QED) is 0.586. The zero-order chi connectivity index (χ0) is 22.6. The molecule has 2 fully saturated rings. The lowest BCUT2D eigenvalue weighted by Crippen LogP contribution is -2.53. The third-order valence-electron chi connectivity index (χ3n) is 6.03. The number of nitrogens with zero attached hydrogens (tertiary/aromatic N) is 3. The monoisotopic (exact) mass is 473 g/mol. The van der Waals surface area contributed by atoms with Crippen LogP contribution in [0.3, 0.4) is 0 Å². The number of carbonyl (C=O) groups is 1. The Hall–Kier alpha value is -1.58. The van der Waals surface area contributed by atoms with Crippen LogP contribution in [0.1, 0.15) is 38.3 Å². The molecule has 1 aliphatic heterocycles. The van der Waals surface area contributed by atoms with E-state index in [4.69, 9.17) is 21.1 Å². The lowest BCUT2D eigenvalue weighted by atomic mass is 9.85. The van der Waals surface area contributed by atoms with Gasteiger partial charge in [0.1, 0.15) is 5.75 Å². The molecule has 0 radical (unpaired) electrons. The van der Waals surface area contributed by atoms with E-state index in [1.54, 1.807) is 24.8 Å². The summed E-state index contributed by atoms with van der Waals surface area (Å²) in [6.45, 7) is 7.07. The van der Waals surface area contributed by atoms with Crippen LogP contribution >= 0.6 is 11.6 Å². The summed E-state index contributed by atoms with van der Waals surface area (Å²) in [6.07, 6.45) is 5.22. The molecule has 8 nitrogen and oxygen atoms in total. The van der Waals surface area contributed by atoms with Crippen molar-refractivity contribution in [3.63, 3.8) is 0 Å². The molecule has 1 amide bonds. The highest BCUT2D eigenvalue weighted by Crippen LogP contribution is 2.29. The largest absolute Gasteiger partial charge is 0.491 e. The van der Waals surface area contributed by atoms with Gasteiger partial charge in [0.05, 0.1) is 12.3 Å². The van der Waals surface area contributed by atoms with Crippen molar-refractivity contribution in [1.82, 2.24) is 14.8 Å². The number of amides is 1. The zero-order valence-electron chi connectivity index (χ0n) is 18.4. The second-order valence-corrected chi connectivity index (χ2v) is 11.0. The zero-order valence-corrected chi connectivity index (χ0v) is 20.0. The number of aryl methyl sites for hydroxylation is 1. The van der Waals surface area contributed by atoms with Crippen LogP contribution in [0.2, 0.25) is 0 Å². The molecular weight excluding hydrogens is 442 g/mol. The van der Waals surface area contributed by atoms with Gasteiger partial charge < -0.3 is 14.4 Å². The number of alkyl halides is 1. The molecule has 0 N–H and O–H groups in total. The first-order valence-electron chi connectivity index (χ1n) is 10.8. The fourth-order valence-electron chi connectivity index (χ4n) is 4.25. The number of aromatic nitrogens is 1. The number of ether oxygens (including phenoxy) is 2. The minimum absolute atomic E-state index is 0.0726. The Morgan fingerprint density at radius 1 is 1.19 bits per heavy atom. The van der Waals surface area contributed by atoms with Crippen molar-refractivity contribution in [2.75, 3.05) is 39.0 Å². The smallest absolute Gasteiger partial charge is 0.411 e. The van der Waals surface area contributed by atoms with E-state index in [0.29, 0.717) is 43.1 Å². The second kappa shape index (κ2) is 10.4. The average Bonchev–Trinajstić information content (AvgIpc) is 2.72. The average molecular weight is 474 g/mol. The van der Waals surface area contributed by atoms with Crippen LogP contribution in [0.25, 0.3) is 0 Å². The van der Waals surface area contributed by atoms with E-state index in [1.165, 1.54) is 6.07 Å². The Bertz CT molecular complexity index is 864. The van der Waals surface area contributed by atoms with Crippen molar-refractivity contribution in [3.8, 4) is 5.75 Å². The van der Waals surface area contributed by atoms with Gasteiger partial charge >= 0.3 is 6.09 Å². The van der Waals surface area contributed by atoms with Gasteiger partial charge in [0.15, 0.2) is 20.4 Å². The number of piperazine rings is 1. The molecule has 0 aromatic carbocycles. The van der Waals surface area contributed by atoms with Gasteiger partial charge in [0.25, 0.3) is 0 Å². The van der Waals surface area contributed by atoms with Crippen LogP contribution in [0.4, 0.5) is 4.79 Å². The molecule has 0 bridgehead atoms. The maximum Gasteiger partial charge on any atom is 0.411 e. The molecule has 3 rings (SSSR count). The third-order valence-corrected chi connectivity index (χ3v) is 7.11. The minimum Gasteiger partial charge on any atom is -0.491 e. The van der Waals surface area contributed by atoms with E-state index in [1.807, 2.05) is 0 Å². The van der Waals surface area contributed by atoms with Crippen LogP contribution in [0.15, 0.2) is 17.2 Å². The highest BCUT2D eigenvalue weighted by atomic mass is 35.5. The molecule has 10 heteroatoms. The Morgan fingerprint density at radius 2 is 1.84 bits per heavy atom. The standard InChI is InChI=1S/C21H32ClN3O5S/c1-15-19(8-9-20(23-15)31(3,27)28)29-14-17-4-6-18(7-5-17)24-10-12-25(13-11-24)21(26)30-16(2)22/h8-9,16-18H,4-7,10-14H2,1-3H3/t16?,17-,18-. The van der Waals surface area contributed by atoms with Crippen molar-refractivity contribution >= 4 is 27.5 Å². The molecular formula is C21H32ClN3O5S. The lowest BCUT2D eigenvalue weighted by molar-refractivity contribution is 0.0461. The number of carbonyl (C=O) groups excluding carboxylic acids is 1. The fraction of sp³-hybridized carbons (Fsp3) is 0.714. The molecule has 2 heterocycles. The summed E-state index contributed by atoms with van der Waals surface area (Å²) < 4.78 is 34.3. The topological polar surface area (TPSA) is 89.0 Å². The van der Waals surface area contributed by atoms with Gasteiger partial charge in [-0.3, -0.25) is 4.90 Å². The van der Waals surface area contributed by atoms with Crippen molar-refractivity contribution in [3.05, 3.63) is 17.8 Å². The van der Waals surface area contributed by atoms with Gasteiger partial charge in [0, 0.05) is 38.5 Å². The van der Waals surface area contributed by atoms with Crippen LogP contribution in [0.5, 0.6) is 5.75 Å². The van der Waals surface area contributed by atoms with Gasteiger partial charge in [-0.15, -0.1) is 0 Å². The van der Waals surface area contributed by atoms with Gasteiger partial charge in [0.2, 0.25) is 0 Å². The molecule has 1 saturated carbocycles. The molecule has 2 aliphatic rings. The molecule has 1 unspecified atom stereocenters. The molecule has 1 aliphatic carbocycles. The molecule has 31 heavy (non-hydrogen) atoms. The van der Waals surface area contributed by atoms with E-state index in [0.717, 1.165) is 45.0 Å². The summed E-state index contributed by atoms with van der Waals surface area (Å²) in [4.78, 5) is 20.3. The SMILES string of the molecule is Cc1nc(S(C)(=O)=O)ccc1OC[C@H]1CC[C@H](N2CCN(C(=O)OC(C)Cl)CC2)CC1. The predicted molar refractivity (Wildman–Crippen MR) is 118 cm³/mol. The van der Waals surface area contributed by atoms with Gasteiger partial charge in [-0.2, -0.15) is 0 Å². The number of pyridine rings is 1.